The minimum atomic E-state index is -0.342. The molecule has 2 N–H and O–H groups in total. The lowest BCUT2D eigenvalue weighted by Gasteiger charge is -2.26. The van der Waals surface area contributed by atoms with Crippen LogP contribution in [0, 0.1) is 5.82 Å². The molecule has 3 rings (SSSR count). The minimum absolute atomic E-state index is 0.342. The topological polar surface area (TPSA) is 71.0 Å². The summed E-state index contributed by atoms with van der Waals surface area (Å²) in [5.74, 6) is 1.27. The van der Waals surface area contributed by atoms with Gasteiger partial charge in [0, 0.05) is 51.1 Å². The summed E-state index contributed by atoms with van der Waals surface area (Å²) in [6.45, 7) is 8.68. The molecule has 156 valence electrons. The smallest absolute Gasteiger partial charge is 0.219 e. The molecule has 1 aliphatic heterocycles. The molecule has 0 aliphatic carbocycles. The normalized spacial score (nSPS) is 15.2. The summed E-state index contributed by atoms with van der Waals surface area (Å²) in [5, 5.41) is 6.62. The first-order valence-corrected chi connectivity index (χ1v) is 9.93. The molecule has 0 radical (unpaired) electrons. The number of morpholine rings is 1. The van der Waals surface area contributed by atoms with Gasteiger partial charge in [0.25, 0.3) is 0 Å². The van der Waals surface area contributed by atoms with E-state index in [1.54, 1.807) is 24.4 Å². The van der Waals surface area contributed by atoms with Gasteiger partial charge in [-0.05, 0) is 24.6 Å². The summed E-state index contributed by atoms with van der Waals surface area (Å²) >= 11 is 0. The second-order valence-electron chi connectivity index (χ2n) is 6.64. The Morgan fingerprint density at radius 2 is 2.10 bits per heavy atom. The van der Waals surface area contributed by atoms with Gasteiger partial charge in [-0.3, -0.25) is 4.90 Å². The van der Waals surface area contributed by atoms with Crippen LogP contribution in [0.2, 0.25) is 0 Å². The zero-order chi connectivity index (χ0) is 20.3. The maximum Gasteiger partial charge on any atom is 0.219 e. The third-order valence-corrected chi connectivity index (χ3v) is 4.40. The standard InChI is InChI=1S/C21H28FN5O2/c1-2-23-21(24-8-9-27-10-12-28-13-11-27)26-16-17-6-7-20(25-15-17)29-19-5-3-4-18(22)14-19/h3-7,14-15H,2,8-13,16H2,1H3,(H2,23,24,26). The number of benzene rings is 1. The molecule has 0 amide bonds. The number of halogens is 1. The SMILES string of the molecule is CCNC(=NCc1ccc(Oc2cccc(F)c2)nc1)NCCN1CCOCC1. The number of rotatable bonds is 8. The van der Waals surface area contributed by atoms with Crippen molar-refractivity contribution in [3.63, 3.8) is 0 Å². The summed E-state index contributed by atoms with van der Waals surface area (Å²) in [5.41, 5.74) is 0.960. The van der Waals surface area contributed by atoms with Crippen LogP contribution in [0.25, 0.3) is 0 Å². The van der Waals surface area contributed by atoms with Gasteiger partial charge in [-0.15, -0.1) is 0 Å². The van der Waals surface area contributed by atoms with Crippen molar-refractivity contribution in [1.82, 2.24) is 20.5 Å². The summed E-state index contributed by atoms with van der Waals surface area (Å²) in [7, 11) is 0. The van der Waals surface area contributed by atoms with Gasteiger partial charge in [0.1, 0.15) is 11.6 Å². The average molecular weight is 401 g/mol. The Morgan fingerprint density at radius 1 is 1.24 bits per heavy atom. The van der Waals surface area contributed by atoms with Crippen LogP contribution >= 0.6 is 0 Å². The van der Waals surface area contributed by atoms with Crippen LogP contribution in [0.3, 0.4) is 0 Å². The van der Waals surface area contributed by atoms with Gasteiger partial charge in [0.15, 0.2) is 5.96 Å². The highest BCUT2D eigenvalue weighted by Crippen LogP contribution is 2.20. The Hall–Kier alpha value is -2.71. The number of nitrogens with zero attached hydrogens (tertiary/aromatic N) is 3. The lowest BCUT2D eigenvalue weighted by atomic mass is 10.3. The Labute approximate surface area is 170 Å². The average Bonchev–Trinajstić information content (AvgIpc) is 2.74. The van der Waals surface area contributed by atoms with E-state index < -0.39 is 0 Å². The molecule has 0 atom stereocenters. The highest BCUT2D eigenvalue weighted by atomic mass is 19.1. The Bertz CT molecular complexity index is 779. The van der Waals surface area contributed by atoms with Crippen molar-refractivity contribution in [3.8, 4) is 11.6 Å². The van der Waals surface area contributed by atoms with E-state index in [0.29, 0.717) is 18.2 Å². The lowest BCUT2D eigenvalue weighted by molar-refractivity contribution is 0.0389. The molecule has 7 nitrogen and oxygen atoms in total. The molecule has 1 aliphatic rings. The molecule has 2 heterocycles. The molecule has 1 aromatic heterocycles. The molecule has 0 saturated carbocycles. The third-order valence-electron chi connectivity index (χ3n) is 4.40. The van der Waals surface area contributed by atoms with Crippen molar-refractivity contribution in [2.24, 2.45) is 4.99 Å². The van der Waals surface area contributed by atoms with Crippen molar-refractivity contribution in [2.45, 2.75) is 13.5 Å². The zero-order valence-electron chi connectivity index (χ0n) is 16.7. The summed E-state index contributed by atoms with van der Waals surface area (Å²) in [6.07, 6.45) is 1.72. The summed E-state index contributed by atoms with van der Waals surface area (Å²) < 4.78 is 24.2. The van der Waals surface area contributed by atoms with Crippen molar-refractivity contribution in [2.75, 3.05) is 45.9 Å². The number of aromatic nitrogens is 1. The lowest BCUT2D eigenvalue weighted by Crippen LogP contribution is -2.44. The number of pyridine rings is 1. The fourth-order valence-corrected chi connectivity index (χ4v) is 2.89. The number of aliphatic imine (C=N–C) groups is 1. The van der Waals surface area contributed by atoms with Crippen molar-refractivity contribution < 1.29 is 13.9 Å². The largest absolute Gasteiger partial charge is 0.439 e. The molecule has 1 fully saturated rings. The van der Waals surface area contributed by atoms with Crippen LogP contribution in [-0.2, 0) is 11.3 Å². The van der Waals surface area contributed by atoms with E-state index >= 15 is 0 Å². The van der Waals surface area contributed by atoms with Gasteiger partial charge < -0.3 is 20.1 Å². The number of hydrogen-bond acceptors (Lipinski definition) is 5. The van der Waals surface area contributed by atoms with E-state index in [1.165, 1.54) is 12.1 Å². The predicted octanol–water partition coefficient (Wildman–Crippen LogP) is 2.40. The van der Waals surface area contributed by atoms with Gasteiger partial charge in [-0.2, -0.15) is 0 Å². The van der Waals surface area contributed by atoms with Gasteiger partial charge in [-0.1, -0.05) is 12.1 Å². The molecule has 1 saturated heterocycles. The quantitative estimate of drug-likeness (QED) is 0.523. The number of ether oxygens (including phenoxy) is 2. The molecular formula is C21H28FN5O2. The van der Waals surface area contributed by atoms with E-state index in [9.17, 15) is 4.39 Å². The highest BCUT2D eigenvalue weighted by molar-refractivity contribution is 5.79. The minimum Gasteiger partial charge on any atom is -0.439 e. The van der Waals surface area contributed by atoms with Crippen LogP contribution < -0.4 is 15.4 Å². The molecule has 1 aromatic carbocycles. The predicted molar refractivity (Wildman–Crippen MR) is 111 cm³/mol. The van der Waals surface area contributed by atoms with Gasteiger partial charge >= 0.3 is 0 Å². The van der Waals surface area contributed by atoms with Crippen LogP contribution in [0.5, 0.6) is 11.6 Å². The van der Waals surface area contributed by atoms with Gasteiger partial charge in [-0.25, -0.2) is 14.4 Å². The number of nitrogens with one attached hydrogen (secondary N) is 2. The first kappa shape index (κ1) is 21.0. The van der Waals surface area contributed by atoms with Gasteiger partial charge in [0.05, 0.1) is 19.8 Å². The molecule has 0 spiro atoms. The maximum absolute atomic E-state index is 13.2. The van der Waals surface area contributed by atoms with Crippen LogP contribution in [0.1, 0.15) is 12.5 Å². The second kappa shape index (κ2) is 11.3. The molecule has 8 heteroatoms. The highest BCUT2D eigenvalue weighted by Gasteiger charge is 2.09. The maximum atomic E-state index is 13.2. The van der Waals surface area contributed by atoms with E-state index in [1.807, 2.05) is 13.0 Å². The molecule has 0 bridgehead atoms. The molecule has 2 aromatic rings. The molecule has 29 heavy (non-hydrogen) atoms. The monoisotopic (exact) mass is 401 g/mol. The van der Waals surface area contributed by atoms with Crippen molar-refractivity contribution in [3.05, 3.63) is 54.0 Å². The zero-order valence-corrected chi connectivity index (χ0v) is 16.7. The Morgan fingerprint density at radius 3 is 2.83 bits per heavy atom. The second-order valence-corrected chi connectivity index (χ2v) is 6.64. The van der Waals surface area contributed by atoms with E-state index in [2.05, 4.69) is 25.5 Å². The molecular weight excluding hydrogens is 373 g/mol. The first-order chi connectivity index (χ1) is 14.2. The van der Waals surface area contributed by atoms with Crippen LogP contribution in [-0.4, -0.2) is 61.8 Å². The van der Waals surface area contributed by atoms with E-state index in [-0.39, 0.29) is 5.82 Å². The molecule has 0 unspecified atom stereocenters. The summed E-state index contributed by atoms with van der Waals surface area (Å²) in [4.78, 5) is 11.3. The van der Waals surface area contributed by atoms with Crippen LogP contribution in [0.4, 0.5) is 4.39 Å². The van der Waals surface area contributed by atoms with Crippen molar-refractivity contribution in [1.29, 1.82) is 0 Å². The Kier molecular flexibility index (Phi) is 8.21. The Balaban J connectivity index is 1.49. The van der Waals surface area contributed by atoms with E-state index in [4.69, 9.17) is 9.47 Å². The number of hydrogen-bond donors (Lipinski definition) is 2. The number of guanidine groups is 1. The third kappa shape index (κ3) is 7.32. The van der Waals surface area contributed by atoms with Crippen LogP contribution in [0.15, 0.2) is 47.6 Å². The fourth-order valence-electron chi connectivity index (χ4n) is 2.89. The van der Waals surface area contributed by atoms with E-state index in [0.717, 1.165) is 57.5 Å². The summed E-state index contributed by atoms with van der Waals surface area (Å²) in [6, 6.07) is 9.65. The fraction of sp³-hybridized carbons (Fsp3) is 0.429. The first-order valence-electron chi connectivity index (χ1n) is 9.93. The van der Waals surface area contributed by atoms with Gasteiger partial charge in [0.2, 0.25) is 5.88 Å². The van der Waals surface area contributed by atoms with Crippen molar-refractivity contribution >= 4 is 5.96 Å².